The Balaban J connectivity index is 2.31. The molecule has 4 heteroatoms. The highest BCUT2D eigenvalue weighted by Gasteiger charge is 2.25. The highest BCUT2D eigenvalue weighted by Crippen LogP contribution is 2.33. The van der Waals surface area contributed by atoms with Crippen molar-refractivity contribution in [1.29, 1.82) is 0 Å². The molecule has 1 N–H and O–H groups in total. The van der Waals surface area contributed by atoms with Crippen LogP contribution in [0.15, 0.2) is 36.5 Å². The van der Waals surface area contributed by atoms with Gasteiger partial charge in [0.25, 0.3) is 0 Å². The smallest absolute Gasteiger partial charge is 0.0759 e. The molecule has 0 saturated heterocycles. The quantitative estimate of drug-likeness (QED) is 0.842. The van der Waals surface area contributed by atoms with Gasteiger partial charge in [-0.05, 0) is 24.9 Å². The van der Waals surface area contributed by atoms with Crippen molar-refractivity contribution in [2.75, 3.05) is 6.54 Å². The lowest BCUT2D eigenvalue weighted by Gasteiger charge is -2.27. The zero-order valence-electron chi connectivity index (χ0n) is 12.6. The second kappa shape index (κ2) is 7.20. The first-order chi connectivity index (χ1) is 9.77. The van der Waals surface area contributed by atoms with Crippen LogP contribution in [-0.2, 0) is 7.05 Å². The standard InChI is InChI=1S/C16H24N4/c1-4-11-17-16(15-12-18-19-20(15)3)14(5-2)13-9-7-6-8-10-13/h6-10,12,14,16-17H,4-5,11H2,1-3H3. The maximum atomic E-state index is 4.08. The van der Waals surface area contributed by atoms with E-state index in [9.17, 15) is 0 Å². The summed E-state index contributed by atoms with van der Waals surface area (Å²) in [4.78, 5) is 0. The second-order valence-corrected chi connectivity index (χ2v) is 5.14. The summed E-state index contributed by atoms with van der Waals surface area (Å²) in [5.74, 6) is 0.431. The third-order valence-electron chi connectivity index (χ3n) is 3.75. The van der Waals surface area contributed by atoms with E-state index in [0.29, 0.717) is 5.92 Å². The van der Waals surface area contributed by atoms with Crippen LogP contribution in [0.5, 0.6) is 0 Å². The monoisotopic (exact) mass is 272 g/mol. The fourth-order valence-corrected chi connectivity index (χ4v) is 2.70. The first-order valence-electron chi connectivity index (χ1n) is 7.40. The van der Waals surface area contributed by atoms with Gasteiger partial charge in [-0.1, -0.05) is 49.4 Å². The molecular weight excluding hydrogens is 248 g/mol. The number of hydrogen-bond acceptors (Lipinski definition) is 3. The van der Waals surface area contributed by atoms with E-state index >= 15 is 0 Å². The van der Waals surface area contributed by atoms with Gasteiger partial charge in [0.15, 0.2) is 0 Å². The van der Waals surface area contributed by atoms with Crippen molar-refractivity contribution in [3.05, 3.63) is 47.8 Å². The Morgan fingerprint density at radius 2 is 1.95 bits per heavy atom. The van der Waals surface area contributed by atoms with Gasteiger partial charge in [-0.3, -0.25) is 4.68 Å². The number of rotatable bonds is 7. The third kappa shape index (κ3) is 3.25. The molecule has 0 fully saturated rings. The van der Waals surface area contributed by atoms with Crippen LogP contribution in [0, 0.1) is 0 Å². The van der Waals surface area contributed by atoms with Crippen LogP contribution in [0.3, 0.4) is 0 Å². The molecule has 0 saturated carbocycles. The zero-order chi connectivity index (χ0) is 14.4. The number of benzene rings is 1. The number of aryl methyl sites for hydroxylation is 1. The Labute approximate surface area is 121 Å². The average molecular weight is 272 g/mol. The molecule has 0 amide bonds. The van der Waals surface area contributed by atoms with Crippen molar-refractivity contribution in [3.63, 3.8) is 0 Å². The van der Waals surface area contributed by atoms with Gasteiger partial charge < -0.3 is 5.32 Å². The third-order valence-corrected chi connectivity index (χ3v) is 3.75. The Morgan fingerprint density at radius 3 is 2.50 bits per heavy atom. The van der Waals surface area contributed by atoms with Crippen LogP contribution in [0.2, 0.25) is 0 Å². The molecule has 0 spiro atoms. The molecule has 2 aromatic rings. The summed E-state index contributed by atoms with van der Waals surface area (Å²) in [6, 6.07) is 10.9. The molecule has 1 aromatic carbocycles. The Hall–Kier alpha value is -1.68. The van der Waals surface area contributed by atoms with Gasteiger partial charge in [0.05, 0.1) is 17.9 Å². The van der Waals surface area contributed by atoms with E-state index in [1.807, 2.05) is 17.9 Å². The van der Waals surface area contributed by atoms with Gasteiger partial charge in [0.2, 0.25) is 0 Å². The zero-order valence-corrected chi connectivity index (χ0v) is 12.6. The fourth-order valence-electron chi connectivity index (χ4n) is 2.70. The SMILES string of the molecule is CCCNC(c1cnnn1C)C(CC)c1ccccc1. The summed E-state index contributed by atoms with van der Waals surface area (Å²) in [6.45, 7) is 5.43. The highest BCUT2D eigenvalue weighted by atomic mass is 15.4. The van der Waals surface area contributed by atoms with Crippen LogP contribution in [0.1, 0.15) is 49.9 Å². The van der Waals surface area contributed by atoms with E-state index < -0.39 is 0 Å². The first kappa shape index (κ1) is 14.7. The minimum absolute atomic E-state index is 0.252. The largest absolute Gasteiger partial charge is 0.308 e. The Morgan fingerprint density at radius 1 is 1.20 bits per heavy atom. The molecule has 4 nitrogen and oxygen atoms in total. The first-order valence-corrected chi connectivity index (χ1v) is 7.40. The van der Waals surface area contributed by atoms with Crippen molar-refractivity contribution in [1.82, 2.24) is 20.3 Å². The molecule has 0 radical (unpaired) electrons. The lowest BCUT2D eigenvalue weighted by atomic mass is 9.87. The van der Waals surface area contributed by atoms with Crippen LogP contribution in [0.4, 0.5) is 0 Å². The van der Waals surface area contributed by atoms with E-state index in [4.69, 9.17) is 0 Å². The maximum absolute atomic E-state index is 4.08. The van der Waals surface area contributed by atoms with Crippen LogP contribution in [-0.4, -0.2) is 21.5 Å². The summed E-state index contributed by atoms with van der Waals surface area (Å²) >= 11 is 0. The lowest BCUT2D eigenvalue weighted by Crippen LogP contribution is -2.29. The van der Waals surface area contributed by atoms with E-state index in [2.05, 4.69) is 59.8 Å². The number of aromatic nitrogens is 3. The molecule has 0 bridgehead atoms. The van der Waals surface area contributed by atoms with Gasteiger partial charge in [0.1, 0.15) is 0 Å². The predicted molar refractivity (Wildman–Crippen MR) is 81.5 cm³/mol. The average Bonchev–Trinajstić information content (AvgIpc) is 2.90. The van der Waals surface area contributed by atoms with Crippen LogP contribution < -0.4 is 5.32 Å². The summed E-state index contributed by atoms with van der Waals surface area (Å²) < 4.78 is 1.87. The molecule has 2 rings (SSSR count). The maximum Gasteiger partial charge on any atom is 0.0759 e. The minimum atomic E-state index is 0.252. The lowest BCUT2D eigenvalue weighted by molar-refractivity contribution is 0.412. The van der Waals surface area contributed by atoms with Crippen molar-refractivity contribution in [2.24, 2.45) is 7.05 Å². The minimum Gasteiger partial charge on any atom is -0.308 e. The molecule has 1 heterocycles. The predicted octanol–water partition coefficient (Wildman–Crippen LogP) is 3.05. The van der Waals surface area contributed by atoms with Crippen LogP contribution >= 0.6 is 0 Å². The molecule has 2 unspecified atom stereocenters. The van der Waals surface area contributed by atoms with Gasteiger partial charge in [-0.25, -0.2) is 0 Å². The molecule has 1 aromatic heterocycles. The summed E-state index contributed by atoms with van der Waals surface area (Å²) in [5.41, 5.74) is 2.51. The molecule has 0 aliphatic heterocycles. The van der Waals surface area contributed by atoms with Gasteiger partial charge in [-0.2, -0.15) is 0 Å². The topological polar surface area (TPSA) is 42.7 Å². The van der Waals surface area contributed by atoms with Crippen molar-refractivity contribution >= 4 is 0 Å². The van der Waals surface area contributed by atoms with Crippen molar-refractivity contribution in [3.8, 4) is 0 Å². The number of hydrogen-bond donors (Lipinski definition) is 1. The number of nitrogens with one attached hydrogen (secondary N) is 1. The fraction of sp³-hybridized carbons (Fsp3) is 0.500. The van der Waals surface area contributed by atoms with Crippen molar-refractivity contribution in [2.45, 2.75) is 38.6 Å². The molecule has 0 aliphatic carbocycles. The molecule has 108 valence electrons. The normalized spacial score (nSPS) is 14.2. The molecule has 2 atom stereocenters. The number of nitrogens with zero attached hydrogens (tertiary/aromatic N) is 3. The highest BCUT2D eigenvalue weighted by molar-refractivity contribution is 5.24. The summed E-state index contributed by atoms with van der Waals surface area (Å²) in [7, 11) is 1.96. The van der Waals surface area contributed by atoms with Gasteiger partial charge >= 0.3 is 0 Å². The molecule has 20 heavy (non-hydrogen) atoms. The summed E-state index contributed by atoms with van der Waals surface area (Å²) in [6.07, 6.45) is 4.07. The Kier molecular flexibility index (Phi) is 5.30. The van der Waals surface area contributed by atoms with Crippen LogP contribution in [0.25, 0.3) is 0 Å². The van der Waals surface area contributed by atoms with Gasteiger partial charge in [0, 0.05) is 13.0 Å². The molecular formula is C16H24N4. The van der Waals surface area contributed by atoms with E-state index in [-0.39, 0.29) is 6.04 Å². The second-order valence-electron chi connectivity index (χ2n) is 5.14. The molecule has 0 aliphatic rings. The van der Waals surface area contributed by atoms with E-state index in [0.717, 1.165) is 25.1 Å². The van der Waals surface area contributed by atoms with E-state index in [1.165, 1.54) is 5.56 Å². The van der Waals surface area contributed by atoms with Crippen molar-refractivity contribution < 1.29 is 0 Å². The van der Waals surface area contributed by atoms with Gasteiger partial charge in [-0.15, -0.1) is 5.10 Å². The Bertz CT molecular complexity index is 506. The van der Waals surface area contributed by atoms with E-state index in [1.54, 1.807) is 0 Å². The summed E-state index contributed by atoms with van der Waals surface area (Å²) in [5, 5.41) is 11.8.